The van der Waals surface area contributed by atoms with Crippen molar-refractivity contribution in [1.29, 1.82) is 0 Å². The second-order valence-electron chi connectivity index (χ2n) is 22.7. The Hall–Kier alpha value is -3.93. The molecule has 0 radical (unpaired) electrons. The maximum atomic E-state index is 12.9. The van der Waals surface area contributed by atoms with E-state index in [1.165, 1.54) is 167 Å². The molecule has 0 rings (SSSR count). The Morgan fingerprint density at radius 3 is 0.765 bits per heavy atom. The molecule has 0 aromatic rings. The first-order valence-corrected chi connectivity index (χ1v) is 34.4. The van der Waals surface area contributed by atoms with Crippen LogP contribution in [0.4, 0.5) is 0 Å². The van der Waals surface area contributed by atoms with Crippen LogP contribution in [0.5, 0.6) is 0 Å². The molecule has 0 saturated carbocycles. The van der Waals surface area contributed by atoms with Gasteiger partial charge < -0.3 is 14.2 Å². The predicted molar refractivity (Wildman–Crippen MR) is 353 cm³/mol. The minimum Gasteiger partial charge on any atom is -0.462 e. The fourth-order valence-electron chi connectivity index (χ4n) is 9.66. The molecular weight excluding hydrogens is 997 g/mol. The van der Waals surface area contributed by atoms with Crippen LogP contribution in [0.1, 0.15) is 329 Å². The van der Waals surface area contributed by atoms with E-state index in [1.54, 1.807) is 0 Å². The van der Waals surface area contributed by atoms with E-state index in [-0.39, 0.29) is 31.1 Å². The van der Waals surface area contributed by atoms with E-state index in [1.807, 2.05) is 0 Å². The van der Waals surface area contributed by atoms with E-state index in [0.29, 0.717) is 19.3 Å². The minimum absolute atomic E-state index is 0.0879. The summed E-state index contributed by atoms with van der Waals surface area (Å²) in [5.74, 6) is -0.904. The molecule has 0 bridgehead atoms. The van der Waals surface area contributed by atoms with Crippen LogP contribution in [-0.2, 0) is 28.6 Å². The molecule has 464 valence electrons. The molecule has 0 amide bonds. The summed E-state index contributed by atoms with van der Waals surface area (Å²) in [5, 5.41) is 0. The molecule has 0 fully saturated rings. The van der Waals surface area contributed by atoms with Crippen molar-refractivity contribution < 1.29 is 28.6 Å². The highest BCUT2D eigenvalue weighted by atomic mass is 16.6. The van der Waals surface area contributed by atoms with Crippen LogP contribution in [0.2, 0.25) is 0 Å². The second kappa shape index (κ2) is 68.6. The number of hydrogen-bond donors (Lipinski definition) is 0. The van der Waals surface area contributed by atoms with Crippen molar-refractivity contribution in [2.75, 3.05) is 13.2 Å². The van der Waals surface area contributed by atoms with Crippen molar-refractivity contribution in [3.63, 3.8) is 0 Å². The Morgan fingerprint density at radius 1 is 0.259 bits per heavy atom. The third kappa shape index (κ3) is 66.8. The smallest absolute Gasteiger partial charge is 0.306 e. The molecule has 81 heavy (non-hydrogen) atoms. The Labute approximate surface area is 501 Å². The number of unbranched alkanes of at least 4 members (excludes halogenated alkanes) is 33. The van der Waals surface area contributed by atoms with Gasteiger partial charge in [-0.1, -0.05) is 297 Å². The first-order valence-electron chi connectivity index (χ1n) is 34.4. The van der Waals surface area contributed by atoms with Crippen LogP contribution in [-0.4, -0.2) is 37.2 Å². The lowest BCUT2D eigenvalue weighted by Crippen LogP contribution is -2.30. The zero-order valence-electron chi connectivity index (χ0n) is 53.3. The zero-order valence-corrected chi connectivity index (χ0v) is 53.3. The summed E-state index contributed by atoms with van der Waals surface area (Å²) >= 11 is 0. The highest BCUT2D eigenvalue weighted by molar-refractivity contribution is 5.71. The Kier molecular flexibility index (Phi) is 65.2. The molecule has 0 heterocycles. The third-order valence-corrected chi connectivity index (χ3v) is 14.7. The maximum absolute atomic E-state index is 12.9. The first kappa shape index (κ1) is 77.1. The number of carbonyl (C=O) groups excluding carboxylic acids is 3. The summed E-state index contributed by atoms with van der Waals surface area (Å²) < 4.78 is 17.0. The summed E-state index contributed by atoms with van der Waals surface area (Å²) in [7, 11) is 0. The summed E-state index contributed by atoms with van der Waals surface area (Å²) in [6.45, 7) is 6.42. The molecule has 0 N–H and O–H groups in total. The standard InChI is InChI=1S/C75H128O6/c1-4-7-10-13-16-19-22-25-28-31-32-33-34-35-36-37-38-39-40-41-42-45-47-50-53-56-59-62-65-68-74(77)80-71-72(81-75(78)69-66-63-60-57-54-51-48-44-30-27-24-21-18-15-12-9-6-3)70-79-73(76)67-64-61-58-55-52-49-46-43-29-26-23-20-17-14-11-8-5-2/h7,9-10,12,16,18-19,21,25-30,32-33,48,51,72H,4-6,8,11,13-15,17,20,22-24,31,34-47,49-50,52-71H2,1-3H3/b10-7-,12-9-,19-16-,21-18-,28-25-,29-26-,30-27-,33-32-,51-48-. The highest BCUT2D eigenvalue weighted by Crippen LogP contribution is 2.17. The van der Waals surface area contributed by atoms with Gasteiger partial charge in [0.05, 0.1) is 0 Å². The topological polar surface area (TPSA) is 78.9 Å². The van der Waals surface area contributed by atoms with Crippen LogP contribution < -0.4 is 0 Å². The molecule has 6 heteroatoms. The average Bonchev–Trinajstić information content (AvgIpc) is 3.47. The van der Waals surface area contributed by atoms with Gasteiger partial charge in [-0.25, -0.2) is 0 Å². The normalized spacial score (nSPS) is 12.8. The predicted octanol–water partition coefficient (Wildman–Crippen LogP) is 23.8. The Morgan fingerprint density at radius 2 is 0.481 bits per heavy atom. The summed E-state index contributed by atoms with van der Waals surface area (Å²) in [4.78, 5) is 38.4. The van der Waals surface area contributed by atoms with Crippen molar-refractivity contribution in [2.24, 2.45) is 0 Å². The number of hydrogen-bond acceptors (Lipinski definition) is 6. The maximum Gasteiger partial charge on any atom is 0.306 e. The second-order valence-corrected chi connectivity index (χ2v) is 22.7. The first-order chi connectivity index (χ1) is 40.0. The van der Waals surface area contributed by atoms with Crippen molar-refractivity contribution >= 4 is 17.9 Å². The van der Waals surface area contributed by atoms with Crippen LogP contribution >= 0.6 is 0 Å². The molecule has 1 unspecified atom stereocenters. The molecule has 0 aromatic carbocycles. The lowest BCUT2D eigenvalue weighted by atomic mass is 10.0. The van der Waals surface area contributed by atoms with E-state index in [0.717, 1.165) is 122 Å². The molecular formula is C75H128O6. The van der Waals surface area contributed by atoms with E-state index >= 15 is 0 Å². The summed E-state index contributed by atoms with van der Waals surface area (Å²) in [6, 6.07) is 0. The third-order valence-electron chi connectivity index (χ3n) is 14.7. The molecule has 0 aliphatic carbocycles. The van der Waals surface area contributed by atoms with Gasteiger partial charge in [0, 0.05) is 19.3 Å². The average molecular weight is 1130 g/mol. The molecule has 0 spiro atoms. The number of carbonyl (C=O) groups is 3. The van der Waals surface area contributed by atoms with Crippen molar-refractivity contribution in [1.82, 2.24) is 0 Å². The van der Waals surface area contributed by atoms with Gasteiger partial charge in [0.2, 0.25) is 0 Å². The molecule has 6 nitrogen and oxygen atoms in total. The number of allylic oxidation sites excluding steroid dienone is 18. The van der Waals surface area contributed by atoms with E-state index in [4.69, 9.17) is 14.2 Å². The van der Waals surface area contributed by atoms with Crippen molar-refractivity contribution in [3.05, 3.63) is 109 Å². The fraction of sp³-hybridized carbons (Fsp3) is 0.720. The van der Waals surface area contributed by atoms with Gasteiger partial charge >= 0.3 is 17.9 Å². The summed E-state index contributed by atoms with van der Waals surface area (Å²) in [6.07, 6.45) is 93.9. The number of esters is 3. The Balaban J connectivity index is 4.30. The molecule has 0 aromatic heterocycles. The molecule has 0 aliphatic rings. The van der Waals surface area contributed by atoms with Crippen LogP contribution in [0, 0.1) is 0 Å². The van der Waals surface area contributed by atoms with Crippen LogP contribution in [0.15, 0.2) is 109 Å². The van der Waals surface area contributed by atoms with Gasteiger partial charge in [-0.05, 0) is 122 Å². The molecule has 0 aliphatic heterocycles. The van der Waals surface area contributed by atoms with Crippen LogP contribution in [0.3, 0.4) is 0 Å². The molecule has 1 atom stereocenters. The SMILES string of the molecule is CC/C=C\C/C=C\C/C=C\C/C=C\CCCCCCCCCCCCCCCCCCC(=O)OCC(COC(=O)CCCCCCCCC/C=C\CCCCCCCC)OC(=O)CCCCCC/C=C\C/C=C\C/C=C\C/C=C\CC. The molecule has 0 saturated heterocycles. The highest BCUT2D eigenvalue weighted by Gasteiger charge is 2.19. The van der Waals surface area contributed by atoms with Crippen molar-refractivity contribution in [2.45, 2.75) is 335 Å². The van der Waals surface area contributed by atoms with Gasteiger partial charge in [0.25, 0.3) is 0 Å². The largest absolute Gasteiger partial charge is 0.462 e. The fourth-order valence-corrected chi connectivity index (χ4v) is 9.66. The van der Waals surface area contributed by atoms with Crippen molar-refractivity contribution in [3.8, 4) is 0 Å². The van der Waals surface area contributed by atoms with Crippen LogP contribution in [0.25, 0.3) is 0 Å². The summed E-state index contributed by atoms with van der Waals surface area (Å²) in [5.41, 5.74) is 0. The zero-order chi connectivity index (χ0) is 58.5. The number of ether oxygens (including phenoxy) is 3. The lowest BCUT2D eigenvalue weighted by Gasteiger charge is -2.18. The Bertz CT molecular complexity index is 1620. The van der Waals surface area contributed by atoms with E-state index in [9.17, 15) is 14.4 Å². The van der Waals surface area contributed by atoms with E-state index in [2.05, 4.69) is 130 Å². The van der Waals surface area contributed by atoms with Gasteiger partial charge in [-0.3, -0.25) is 14.4 Å². The van der Waals surface area contributed by atoms with Gasteiger partial charge in [-0.2, -0.15) is 0 Å². The van der Waals surface area contributed by atoms with E-state index < -0.39 is 6.10 Å². The number of rotatable bonds is 62. The lowest BCUT2D eigenvalue weighted by molar-refractivity contribution is -0.167. The van der Waals surface area contributed by atoms with Gasteiger partial charge in [0.15, 0.2) is 6.10 Å². The monoisotopic (exact) mass is 1120 g/mol. The quantitative estimate of drug-likeness (QED) is 0.0261. The minimum atomic E-state index is -0.795. The van der Waals surface area contributed by atoms with Gasteiger partial charge in [0.1, 0.15) is 13.2 Å². The van der Waals surface area contributed by atoms with Gasteiger partial charge in [-0.15, -0.1) is 0 Å².